The zero-order valence-corrected chi connectivity index (χ0v) is 11.5. The van der Waals surface area contributed by atoms with Gasteiger partial charge in [0, 0.05) is 19.7 Å². The SMILES string of the molecule is COC1CN(C(c2ccco2)C(C)N)CCC1C. The van der Waals surface area contributed by atoms with E-state index in [-0.39, 0.29) is 18.2 Å². The quantitative estimate of drug-likeness (QED) is 0.890. The second kappa shape index (κ2) is 5.87. The molecule has 0 spiro atoms. The number of likely N-dealkylation sites (tertiary alicyclic amines) is 1. The predicted octanol–water partition coefficient (Wildman–Crippen LogP) is 2.02. The van der Waals surface area contributed by atoms with Crippen molar-refractivity contribution in [1.29, 1.82) is 0 Å². The second-order valence-corrected chi connectivity index (χ2v) is 5.35. The molecule has 0 radical (unpaired) electrons. The summed E-state index contributed by atoms with van der Waals surface area (Å²) >= 11 is 0. The Kier molecular flexibility index (Phi) is 4.43. The predicted molar refractivity (Wildman–Crippen MR) is 71.2 cm³/mol. The van der Waals surface area contributed by atoms with Gasteiger partial charge in [-0.05, 0) is 37.9 Å². The highest BCUT2D eigenvalue weighted by atomic mass is 16.5. The Bertz CT molecular complexity index is 351. The summed E-state index contributed by atoms with van der Waals surface area (Å²) in [6, 6.07) is 4.12. The lowest BCUT2D eigenvalue weighted by Crippen LogP contribution is -2.49. The van der Waals surface area contributed by atoms with Gasteiger partial charge in [0.15, 0.2) is 0 Å². The van der Waals surface area contributed by atoms with Gasteiger partial charge in [0.05, 0.1) is 18.4 Å². The van der Waals surface area contributed by atoms with Crippen molar-refractivity contribution in [3.8, 4) is 0 Å². The number of methoxy groups -OCH3 is 1. The van der Waals surface area contributed by atoms with E-state index in [0.717, 1.165) is 25.3 Å². The Labute approximate surface area is 109 Å². The standard InChI is InChI=1S/C14H24N2O2/c1-10-6-7-16(9-13(10)17-3)14(11(2)15)12-5-4-8-18-12/h4-5,8,10-11,13-14H,6-7,9,15H2,1-3H3. The lowest BCUT2D eigenvalue weighted by Gasteiger charge is -2.41. The van der Waals surface area contributed by atoms with Crippen molar-refractivity contribution in [3.63, 3.8) is 0 Å². The summed E-state index contributed by atoms with van der Waals surface area (Å²) in [6.07, 6.45) is 3.14. The highest BCUT2D eigenvalue weighted by molar-refractivity contribution is 5.08. The number of piperidine rings is 1. The normalized spacial score (nSPS) is 29.1. The van der Waals surface area contributed by atoms with Crippen LogP contribution >= 0.6 is 0 Å². The van der Waals surface area contributed by atoms with Gasteiger partial charge in [-0.1, -0.05) is 6.92 Å². The molecule has 2 rings (SSSR count). The van der Waals surface area contributed by atoms with Crippen molar-refractivity contribution in [1.82, 2.24) is 4.90 Å². The van der Waals surface area contributed by atoms with E-state index >= 15 is 0 Å². The number of furan rings is 1. The maximum atomic E-state index is 6.14. The first kappa shape index (κ1) is 13.6. The van der Waals surface area contributed by atoms with Crippen molar-refractivity contribution in [2.24, 2.45) is 11.7 Å². The third-order valence-corrected chi connectivity index (χ3v) is 3.95. The molecule has 1 aliphatic heterocycles. The number of hydrogen-bond donors (Lipinski definition) is 1. The number of ether oxygens (including phenoxy) is 1. The fourth-order valence-corrected chi connectivity index (χ4v) is 2.85. The summed E-state index contributed by atoms with van der Waals surface area (Å²) in [5.74, 6) is 1.56. The van der Waals surface area contributed by atoms with E-state index in [0.29, 0.717) is 5.92 Å². The molecule has 4 heteroatoms. The van der Waals surface area contributed by atoms with Gasteiger partial charge in [-0.3, -0.25) is 4.90 Å². The van der Waals surface area contributed by atoms with Crippen LogP contribution in [-0.4, -0.2) is 37.2 Å². The van der Waals surface area contributed by atoms with Crippen molar-refractivity contribution < 1.29 is 9.15 Å². The fraction of sp³-hybridized carbons (Fsp3) is 0.714. The van der Waals surface area contributed by atoms with Gasteiger partial charge in [0.1, 0.15) is 5.76 Å². The second-order valence-electron chi connectivity index (χ2n) is 5.35. The minimum absolute atomic E-state index is 0.0436. The van der Waals surface area contributed by atoms with Crippen LogP contribution in [0.15, 0.2) is 22.8 Å². The van der Waals surface area contributed by atoms with Gasteiger partial charge >= 0.3 is 0 Å². The lowest BCUT2D eigenvalue weighted by atomic mass is 9.93. The summed E-state index contributed by atoms with van der Waals surface area (Å²) in [5.41, 5.74) is 6.14. The van der Waals surface area contributed by atoms with Crippen LogP contribution in [-0.2, 0) is 4.74 Å². The van der Waals surface area contributed by atoms with E-state index in [2.05, 4.69) is 11.8 Å². The Morgan fingerprint density at radius 1 is 1.56 bits per heavy atom. The van der Waals surface area contributed by atoms with Crippen LogP contribution in [0.5, 0.6) is 0 Å². The number of hydrogen-bond acceptors (Lipinski definition) is 4. The molecule has 2 heterocycles. The van der Waals surface area contributed by atoms with Gasteiger partial charge in [0.25, 0.3) is 0 Å². The Balaban J connectivity index is 2.12. The van der Waals surface area contributed by atoms with Crippen molar-refractivity contribution in [3.05, 3.63) is 24.2 Å². The molecular formula is C14H24N2O2. The summed E-state index contributed by atoms with van der Waals surface area (Å²) in [5, 5.41) is 0. The smallest absolute Gasteiger partial charge is 0.122 e. The molecule has 4 atom stereocenters. The average Bonchev–Trinajstić information content (AvgIpc) is 2.84. The molecule has 0 bridgehead atoms. The van der Waals surface area contributed by atoms with Gasteiger partial charge in [0.2, 0.25) is 0 Å². The Hall–Kier alpha value is -0.840. The minimum Gasteiger partial charge on any atom is -0.468 e. The van der Waals surface area contributed by atoms with Gasteiger partial charge in [-0.15, -0.1) is 0 Å². The van der Waals surface area contributed by atoms with Crippen LogP contribution in [0, 0.1) is 5.92 Å². The minimum atomic E-state index is 0.0436. The van der Waals surface area contributed by atoms with E-state index in [9.17, 15) is 0 Å². The number of nitrogens with two attached hydrogens (primary N) is 1. The van der Waals surface area contributed by atoms with Crippen LogP contribution in [0.1, 0.15) is 32.1 Å². The molecule has 1 aromatic heterocycles. The molecule has 18 heavy (non-hydrogen) atoms. The topological polar surface area (TPSA) is 51.6 Å². The largest absolute Gasteiger partial charge is 0.468 e. The summed E-state index contributed by atoms with van der Waals surface area (Å²) < 4.78 is 11.1. The lowest BCUT2D eigenvalue weighted by molar-refractivity contribution is -0.0255. The fourth-order valence-electron chi connectivity index (χ4n) is 2.85. The highest BCUT2D eigenvalue weighted by Crippen LogP contribution is 2.29. The van der Waals surface area contributed by atoms with Crippen LogP contribution in [0.2, 0.25) is 0 Å². The van der Waals surface area contributed by atoms with Gasteiger partial charge < -0.3 is 14.9 Å². The van der Waals surface area contributed by atoms with E-state index in [1.165, 1.54) is 0 Å². The van der Waals surface area contributed by atoms with Crippen molar-refractivity contribution >= 4 is 0 Å². The zero-order chi connectivity index (χ0) is 13.1. The molecule has 1 fully saturated rings. The van der Waals surface area contributed by atoms with E-state index in [1.807, 2.05) is 19.1 Å². The molecule has 1 saturated heterocycles. The van der Waals surface area contributed by atoms with Crippen LogP contribution < -0.4 is 5.73 Å². The van der Waals surface area contributed by atoms with Crippen molar-refractivity contribution in [2.45, 2.75) is 38.5 Å². The maximum absolute atomic E-state index is 6.14. The van der Waals surface area contributed by atoms with Crippen LogP contribution in [0.25, 0.3) is 0 Å². The molecule has 2 N–H and O–H groups in total. The summed E-state index contributed by atoms with van der Waals surface area (Å²) in [7, 11) is 1.79. The monoisotopic (exact) mass is 252 g/mol. The first-order chi connectivity index (χ1) is 8.63. The first-order valence-electron chi connectivity index (χ1n) is 6.69. The first-order valence-corrected chi connectivity index (χ1v) is 6.69. The molecule has 0 aliphatic carbocycles. The molecule has 4 nitrogen and oxygen atoms in total. The van der Waals surface area contributed by atoms with Crippen LogP contribution in [0.3, 0.4) is 0 Å². The summed E-state index contributed by atoms with van der Waals surface area (Å²) in [6.45, 7) is 6.25. The van der Waals surface area contributed by atoms with Crippen molar-refractivity contribution in [2.75, 3.05) is 20.2 Å². The van der Waals surface area contributed by atoms with Gasteiger partial charge in [-0.25, -0.2) is 0 Å². The molecule has 4 unspecified atom stereocenters. The molecule has 1 aromatic rings. The van der Waals surface area contributed by atoms with Gasteiger partial charge in [-0.2, -0.15) is 0 Å². The Morgan fingerprint density at radius 2 is 2.33 bits per heavy atom. The van der Waals surface area contributed by atoms with Crippen LogP contribution in [0.4, 0.5) is 0 Å². The molecule has 0 amide bonds. The average molecular weight is 252 g/mol. The molecule has 102 valence electrons. The van der Waals surface area contributed by atoms with E-state index < -0.39 is 0 Å². The summed E-state index contributed by atoms with van der Waals surface area (Å²) in [4.78, 5) is 2.39. The third kappa shape index (κ3) is 2.76. The maximum Gasteiger partial charge on any atom is 0.122 e. The molecule has 0 aromatic carbocycles. The number of rotatable bonds is 4. The van der Waals surface area contributed by atoms with E-state index in [4.69, 9.17) is 14.9 Å². The van der Waals surface area contributed by atoms with E-state index in [1.54, 1.807) is 13.4 Å². The molecule has 0 saturated carbocycles. The Morgan fingerprint density at radius 3 is 2.89 bits per heavy atom. The molecule has 1 aliphatic rings. The highest BCUT2D eigenvalue weighted by Gasteiger charge is 2.33. The number of nitrogens with zero attached hydrogens (tertiary/aromatic N) is 1. The third-order valence-electron chi connectivity index (χ3n) is 3.95. The zero-order valence-electron chi connectivity index (χ0n) is 11.5. The molecular weight excluding hydrogens is 228 g/mol.